The second-order valence-electron chi connectivity index (χ2n) is 7.63. The van der Waals surface area contributed by atoms with Crippen molar-refractivity contribution >= 4 is 7.82 Å². The van der Waals surface area contributed by atoms with Crippen LogP contribution in [0.5, 0.6) is 0 Å². The predicted molar refractivity (Wildman–Crippen MR) is 118 cm³/mol. The molecule has 0 saturated carbocycles. The molecule has 180 valence electrons. The fraction of sp³-hybridized carbons (Fsp3) is 0.286. The van der Waals surface area contributed by atoms with E-state index in [4.69, 9.17) is 14.5 Å². The molecular formula is C21H22N3O9P. The Morgan fingerprint density at radius 2 is 1.76 bits per heavy atom. The minimum Gasteiger partial charge on any atom is -0.387 e. The molecule has 3 heterocycles. The van der Waals surface area contributed by atoms with Crippen LogP contribution < -0.4 is 11.2 Å². The first-order valence-corrected chi connectivity index (χ1v) is 11.7. The summed E-state index contributed by atoms with van der Waals surface area (Å²) < 4.78 is 22.6. The number of phosphoric acid groups is 1. The van der Waals surface area contributed by atoms with E-state index in [1.54, 1.807) is 12.3 Å². The van der Waals surface area contributed by atoms with Crippen LogP contribution in [-0.2, 0) is 20.4 Å². The van der Waals surface area contributed by atoms with E-state index >= 15 is 0 Å². The van der Waals surface area contributed by atoms with Crippen molar-refractivity contribution in [1.82, 2.24) is 14.1 Å². The molecule has 4 N–H and O–H groups in total. The molecule has 1 fully saturated rings. The average molecular weight is 491 g/mol. The molecule has 34 heavy (non-hydrogen) atoms. The Morgan fingerprint density at radius 3 is 2.47 bits per heavy atom. The van der Waals surface area contributed by atoms with Crippen LogP contribution in [0.3, 0.4) is 0 Å². The summed E-state index contributed by atoms with van der Waals surface area (Å²) in [5.41, 5.74) is 0.601. The number of benzene rings is 1. The highest BCUT2D eigenvalue weighted by Crippen LogP contribution is 2.38. The minimum absolute atomic E-state index is 0.167. The molecule has 0 spiro atoms. The van der Waals surface area contributed by atoms with Crippen LogP contribution >= 0.6 is 7.82 Å². The van der Waals surface area contributed by atoms with Crippen molar-refractivity contribution in [2.45, 2.75) is 31.1 Å². The number of aliphatic hydroxyl groups is 2. The first-order chi connectivity index (χ1) is 16.2. The number of nitrogens with zero attached hydrogens (tertiary/aromatic N) is 3. The molecule has 4 rings (SSSR count). The molecule has 1 aliphatic rings. The highest BCUT2D eigenvalue weighted by molar-refractivity contribution is 7.46. The molecule has 2 unspecified atom stereocenters. The van der Waals surface area contributed by atoms with Crippen molar-refractivity contribution in [1.29, 1.82) is 0 Å². The number of aromatic nitrogens is 3. The zero-order chi connectivity index (χ0) is 24.5. The summed E-state index contributed by atoms with van der Waals surface area (Å²) in [7, 11) is -4.84. The van der Waals surface area contributed by atoms with E-state index in [1.807, 2.05) is 36.4 Å². The van der Waals surface area contributed by atoms with Crippen molar-refractivity contribution in [3.8, 4) is 11.1 Å². The Bertz CT molecular complexity index is 1320. The van der Waals surface area contributed by atoms with Gasteiger partial charge in [0.05, 0.1) is 18.8 Å². The van der Waals surface area contributed by atoms with Crippen LogP contribution in [0.1, 0.15) is 11.9 Å². The Hall–Kier alpha value is -2.96. The first-order valence-electron chi connectivity index (χ1n) is 10.2. The number of phosphoric ester groups is 1. The number of hydrogen-bond acceptors (Lipinski definition) is 8. The monoisotopic (exact) mass is 491 g/mol. The summed E-state index contributed by atoms with van der Waals surface area (Å²) in [6.07, 6.45) is -3.30. The molecule has 13 heteroatoms. The number of rotatable bonds is 7. The lowest BCUT2D eigenvalue weighted by atomic mass is 10.0. The number of aliphatic hydroxyl groups excluding tert-OH is 2. The molecule has 1 saturated heterocycles. The van der Waals surface area contributed by atoms with Gasteiger partial charge in [-0.3, -0.25) is 23.4 Å². The van der Waals surface area contributed by atoms with Gasteiger partial charge in [0.15, 0.2) is 6.23 Å². The minimum atomic E-state index is -4.84. The van der Waals surface area contributed by atoms with Crippen LogP contribution in [0.2, 0.25) is 0 Å². The van der Waals surface area contributed by atoms with Crippen LogP contribution in [0, 0.1) is 0 Å². The van der Waals surface area contributed by atoms with Crippen molar-refractivity contribution in [3.63, 3.8) is 0 Å². The van der Waals surface area contributed by atoms with Gasteiger partial charge < -0.3 is 24.7 Å². The second-order valence-corrected chi connectivity index (χ2v) is 8.87. The van der Waals surface area contributed by atoms with Crippen LogP contribution in [0.15, 0.2) is 70.5 Å². The maximum absolute atomic E-state index is 13.2. The van der Waals surface area contributed by atoms with E-state index in [9.17, 15) is 24.4 Å². The number of ether oxygens (including phenoxy) is 1. The molecule has 0 bridgehead atoms. The topological polar surface area (TPSA) is 173 Å². The van der Waals surface area contributed by atoms with Gasteiger partial charge in [0.1, 0.15) is 18.3 Å². The van der Waals surface area contributed by atoms with E-state index in [2.05, 4.69) is 9.51 Å². The lowest BCUT2D eigenvalue weighted by Crippen LogP contribution is -2.43. The molecule has 2 aromatic heterocycles. The average Bonchev–Trinajstić information content (AvgIpc) is 3.09. The summed E-state index contributed by atoms with van der Waals surface area (Å²) in [5, 5.41) is 20.6. The maximum Gasteiger partial charge on any atom is 0.469 e. The fourth-order valence-electron chi connectivity index (χ4n) is 3.73. The largest absolute Gasteiger partial charge is 0.469 e. The Balaban J connectivity index is 1.65. The van der Waals surface area contributed by atoms with E-state index in [0.717, 1.165) is 32.5 Å². The standard InChI is InChI=1S/C21H22N3O9P/c25-17-8-10-23(20-19(27)18(26)16(33-20)12-32-34(29,30)31)21(28)24(17)11-15-14(7-4-9-22-15)13-5-2-1-3-6-13/h1-10,16,18-20,26-27H,11-12H2,(H2,29,30,31)/t16-,18?,19?,20-/m1/s1. The lowest BCUT2D eigenvalue weighted by Gasteiger charge is -2.19. The normalized spacial score (nSPS) is 22.7. The predicted octanol–water partition coefficient (Wildman–Crippen LogP) is -0.151. The number of hydrogen-bond donors (Lipinski definition) is 4. The molecule has 4 atom stereocenters. The summed E-state index contributed by atoms with van der Waals surface area (Å²) in [5.74, 6) is 0. The third-order valence-electron chi connectivity index (χ3n) is 5.40. The van der Waals surface area contributed by atoms with Gasteiger partial charge in [-0.25, -0.2) is 9.36 Å². The molecule has 0 amide bonds. The van der Waals surface area contributed by atoms with Gasteiger partial charge >= 0.3 is 13.5 Å². The molecular weight excluding hydrogens is 469 g/mol. The van der Waals surface area contributed by atoms with Gasteiger partial charge in [-0.2, -0.15) is 0 Å². The van der Waals surface area contributed by atoms with Crippen molar-refractivity contribution < 1.29 is 33.8 Å². The summed E-state index contributed by atoms with van der Waals surface area (Å²) in [4.78, 5) is 47.8. The van der Waals surface area contributed by atoms with Crippen molar-refractivity contribution in [2.75, 3.05) is 6.61 Å². The molecule has 12 nitrogen and oxygen atoms in total. The molecule has 0 radical (unpaired) electrons. The molecule has 1 aliphatic heterocycles. The first kappa shape index (κ1) is 24.2. The Labute approximate surface area is 192 Å². The van der Waals surface area contributed by atoms with Crippen molar-refractivity contribution in [2.24, 2.45) is 0 Å². The summed E-state index contributed by atoms with van der Waals surface area (Å²) in [6, 6.07) is 14.0. The van der Waals surface area contributed by atoms with Gasteiger partial charge in [0.25, 0.3) is 5.56 Å². The van der Waals surface area contributed by atoms with Gasteiger partial charge in [-0.05, 0) is 11.6 Å². The van der Waals surface area contributed by atoms with Gasteiger partial charge in [0.2, 0.25) is 0 Å². The van der Waals surface area contributed by atoms with E-state index in [-0.39, 0.29) is 6.54 Å². The SMILES string of the molecule is O=c1ccn([C@@H]2O[C@H](COP(=O)(O)O)C(O)C2O)c(=O)n1Cc1ncccc1-c1ccccc1. The van der Waals surface area contributed by atoms with Crippen molar-refractivity contribution in [3.05, 3.63) is 87.5 Å². The summed E-state index contributed by atoms with van der Waals surface area (Å²) >= 11 is 0. The number of pyridine rings is 1. The molecule has 1 aromatic carbocycles. The third kappa shape index (κ3) is 5.08. The highest BCUT2D eigenvalue weighted by Gasteiger charge is 2.45. The van der Waals surface area contributed by atoms with Crippen LogP contribution in [-0.4, -0.2) is 59.0 Å². The summed E-state index contributed by atoms with van der Waals surface area (Å²) in [6.45, 7) is -0.887. The van der Waals surface area contributed by atoms with Crippen LogP contribution in [0.4, 0.5) is 0 Å². The zero-order valence-corrected chi connectivity index (χ0v) is 18.5. The van der Waals surface area contributed by atoms with E-state index in [0.29, 0.717) is 5.69 Å². The molecule has 3 aromatic rings. The Morgan fingerprint density at radius 1 is 1.03 bits per heavy atom. The van der Waals surface area contributed by atoms with Gasteiger partial charge in [-0.15, -0.1) is 0 Å². The van der Waals surface area contributed by atoms with E-state index < -0.39 is 50.2 Å². The fourth-order valence-corrected chi connectivity index (χ4v) is 4.07. The maximum atomic E-state index is 13.2. The lowest BCUT2D eigenvalue weighted by molar-refractivity contribution is -0.0548. The third-order valence-corrected chi connectivity index (χ3v) is 5.88. The highest BCUT2D eigenvalue weighted by atomic mass is 31.2. The Kier molecular flexibility index (Phi) is 6.91. The quantitative estimate of drug-likeness (QED) is 0.326. The second kappa shape index (κ2) is 9.72. The zero-order valence-electron chi connectivity index (χ0n) is 17.6. The van der Waals surface area contributed by atoms with Gasteiger partial charge in [0, 0.05) is 24.0 Å². The van der Waals surface area contributed by atoms with E-state index in [1.165, 1.54) is 0 Å². The molecule has 0 aliphatic carbocycles. The van der Waals surface area contributed by atoms with Gasteiger partial charge in [-0.1, -0.05) is 36.4 Å². The smallest absolute Gasteiger partial charge is 0.387 e. The van der Waals surface area contributed by atoms with Crippen LogP contribution in [0.25, 0.3) is 11.1 Å².